The SMILES string of the molecule is Cc1[nH]nc(S(=O)(=O)NCc2cnc[nH]2)c1CNC(C)C. The molecule has 8 nitrogen and oxygen atoms in total. The lowest BCUT2D eigenvalue weighted by Gasteiger charge is -2.10. The summed E-state index contributed by atoms with van der Waals surface area (Å²) in [5.74, 6) is 0. The summed E-state index contributed by atoms with van der Waals surface area (Å²) in [6.07, 6.45) is 3.07. The fourth-order valence-corrected chi connectivity index (χ4v) is 2.99. The third-order valence-corrected chi connectivity index (χ3v) is 4.36. The number of hydrogen-bond acceptors (Lipinski definition) is 5. The molecule has 0 unspecified atom stereocenters. The van der Waals surface area contributed by atoms with Crippen LogP contribution >= 0.6 is 0 Å². The summed E-state index contributed by atoms with van der Waals surface area (Å²) in [6.45, 7) is 6.39. The molecule has 0 saturated heterocycles. The standard InChI is InChI=1S/C12H20N6O2S/c1-8(2)14-6-11-9(3)17-18-12(11)21(19,20)16-5-10-4-13-7-15-10/h4,7-8,14,16H,5-6H2,1-3H3,(H,13,15)(H,17,18). The van der Waals surface area contributed by atoms with Crippen molar-refractivity contribution >= 4 is 10.0 Å². The molecule has 0 radical (unpaired) electrons. The molecule has 21 heavy (non-hydrogen) atoms. The van der Waals surface area contributed by atoms with E-state index in [2.05, 4.69) is 30.2 Å². The summed E-state index contributed by atoms with van der Waals surface area (Å²) in [5.41, 5.74) is 2.08. The Morgan fingerprint density at radius 3 is 2.71 bits per heavy atom. The molecule has 0 aromatic carbocycles. The van der Waals surface area contributed by atoms with Crippen LogP contribution in [0.2, 0.25) is 0 Å². The van der Waals surface area contributed by atoms with Crippen LogP contribution in [0.3, 0.4) is 0 Å². The fraction of sp³-hybridized carbons (Fsp3) is 0.500. The summed E-state index contributed by atoms with van der Waals surface area (Å²) < 4.78 is 27.2. The Labute approximate surface area is 123 Å². The first-order valence-electron chi connectivity index (χ1n) is 6.64. The maximum absolute atomic E-state index is 12.4. The van der Waals surface area contributed by atoms with E-state index in [4.69, 9.17) is 0 Å². The highest BCUT2D eigenvalue weighted by atomic mass is 32.2. The Hall–Kier alpha value is -1.71. The van der Waals surface area contributed by atoms with Gasteiger partial charge in [0.25, 0.3) is 10.0 Å². The minimum Gasteiger partial charge on any atom is -0.347 e. The van der Waals surface area contributed by atoms with Crippen molar-refractivity contribution in [3.63, 3.8) is 0 Å². The molecule has 2 aromatic heterocycles. The Morgan fingerprint density at radius 1 is 1.33 bits per heavy atom. The molecule has 2 heterocycles. The van der Waals surface area contributed by atoms with E-state index in [1.165, 1.54) is 6.33 Å². The predicted molar refractivity (Wildman–Crippen MR) is 77.9 cm³/mol. The summed E-state index contributed by atoms with van der Waals surface area (Å²) >= 11 is 0. The second kappa shape index (κ2) is 6.37. The number of aryl methyl sites for hydroxylation is 1. The summed E-state index contributed by atoms with van der Waals surface area (Å²) in [7, 11) is -3.67. The van der Waals surface area contributed by atoms with Gasteiger partial charge in [0.1, 0.15) is 0 Å². The smallest absolute Gasteiger partial charge is 0.260 e. The van der Waals surface area contributed by atoms with Gasteiger partial charge < -0.3 is 10.3 Å². The molecule has 0 aliphatic carbocycles. The topological polar surface area (TPSA) is 116 Å². The normalized spacial score (nSPS) is 12.2. The van der Waals surface area contributed by atoms with Crippen LogP contribution in [0, 0.1) is 6.92 Å². The average Bonchev–Trinajstić information content (AvgIpc) is 3.03. The van der Waals surface area contributed by atoms with Crippen molar-refractivity contribution in [3.8, 4) is 0 Å². The monoisotopic (exact) mass is 312 g/mol. The lowest BCUT2D eigenvalue weighted by atomic mass is 10.2. The minimum absolute atomic E-state index is 0.0349. The zero-order valence-electron chi connectivity index (χ0n) is 12.3. The quantitative estimate of drug-likeness (QED) is 0.591. The summed E-state index contributed by atoms with van der Waals surface area (Å²) in [4.78, 5) is 6.69. The van der Waals surface area contributed by atoms with Gasteiger partial charge in [-0.15, -0.1) is 0 Å². The number of sulfonamides is 1. The number of nitrogens with zero attached hydrogens (tertiary/aromatic N) is 2. The molecule has 0 fully saturated rings. The van der Waals surface area contributed by atoms with Gasteiger partial charge in [-0.3, -0.25) is 5.10 Å². The van der Waals surface area contributed by atoms with Gasteiger partial charge in [-0.05, 0) is 6.92 Å². The van der Waals surface area contributed by atoms with Crippen LogP contribution in [0.15, 0.2) is 17.6 Å². The Morgan fingerprint density at radius 2 is 2.10 bits per heavy atom. The van der Waals surface area contributed by atoms with E-state index >= 15 is 0 Å². The van der Waals surface area contributed by atoms with Crippen LogP contribution in [-0.4, -0.2) is 34.6 Å². The van der Waals surface area contributed by atoms with E-state index in [-0.39, 0.29) is 17.6 Å². The number of aromatic amines is 2. The van der Waals surface area contributed by atoms with E-state index in [0.717, 1.165) is 5.69 Å². The molecule has 4 N–H and O–H groups in total. The lowest BCUT2D eigenvalue weighted by molar-refractivity contribution is 0.563. The van der Waals surface area contributed by atoms with Gasteiger partial charge in [-0.2, -0.15) is 5.10 Å². The first kappa shape index (κ1) is 15.7. The van der Waals surface area contributed by atoms with Crippen molar-refractivity contribution in [1.29, 1.82) is 0 Å². The predicted octanol–water partition coefficient (Wildman–Crippen LogP) is 0.418. The second-order valence-corrected chi connectivity index (χ2v) is 6.75. The zero-order valence-corrected chi connectivity index (χ0v) is 13.1. The molecule has 0 aliphatic rings. The molecular weight excluding hydrogens is 292 g/mol. The third kappa shape index (κ3) is 3.90. The van der Waals surface area contributed by atoms with Gasteiger partial charge in [0, 0.05) is 35.7 Å². The maximum atomic E-state index is 12.4. The summed E-state index contributed by atoms with van der Waals surface area (Å²) in [6, 6.07) is 0.257. The van der Waals surface area contributed by atoms with Crippen LogP contribution < -0.4 is 10.0 Å². The van der Waals surface area contributed by atoms with Crippen molar-refractivity contribution in [1.82, 2.24) is 30.2 Å². The molecule has 2 rings (SSSR count). The number of aromatic nitrogens is 4. The number of hydrogen-bond donors (Lipinski definition) is 4. The Balaban J connectivity index is 2.15. The van der Waals surface area contributed by atoms with Crippen molar-refractivity contribution in [2.24, 2.45) is 0 Å². The first-order chi connectivity index (χ1) is 9.90. The number of rotatable bonds is 7. The first-order valence-corrected chi connectivity index (χ1v) is 8.12. The minimum atomic E-state index is -3.67. The van der Waals surface area contributed by atoms with E-state index in [9.17, 15) is 8.42 Å². The van der Waals surface area contributed by atoms with E-state index in [1.807, 2.05) is 13.8 Å². The molecule has 9 heteroatoms. The van der Waals surface area contributed by atoms with Crippen LogP contribution in [0.5, 0.6) is 0 Å². The highest BCUT2D eigenvalue weighted by molar-refractivity contribution is 7.89. The lowest BCUT2D eigenvalue weighted by Crippen LogP contribution is -2.27. The molecule has 0 saturated carbocycles. The molecule has 0 aliphatic heterocycles. The summed E-state index contributed by atoms with van der Waals surface area (Å²) in [5, 5.41) is 9.89. The molecule has 116 valence electrons. The average molecular weight is 312 g/mol. The Kier molecular flexibility index (Phi) is 4.76. The second-order valence-electron chi connectivity index (χ2n) is 5.07. The van der Waals surface area contributed by atoms with Gasteiger partial charge in [0.15, 0.2) is 5.03 Å². The van der Waals surface area contributed by atoms with Crippen molar-refractivity contribution in [2.75, 3.05) is 0 Å². The number of H-pyrrole nitrogens is 2. The number of nitrogens with one attached hydrogen (secondary N) is 4. The van der Waals surface area contributed by atoms with E-state index in [0.29, 0.717) is 17.8 Å². The van der Waals surface area contributed by atoms with Gasteiger partial charge in [0.2, 0.25) is 0 Å². The van der Waals surface area contributed by atoms with Crippen molar-refractivity contribution < 1.29 is 8.42 Å². The highest BCUT2D eigenvalue weighted by Gasteiger charge is 2.23. The maximum Gasteiger partial charge on any atom is 0.260 e. The van der Waals surface area contributed by atoms with Crippen molar-refractivity contribution in [3.05, 3.63) is 29.5 Å². The zero-order chi connectivity index (χ0) is 15.5. The van der Waals surface area contributed by atoms with Gasteiger partial charge in [-0.1, -0.05) is 13.8 Å². The van der Waals surface area contributed by atoms with Crippen LogP contribution in [0.4, 0.5) is 0 Å². The largest absolute Gasteiger partial charge is 0.347 e. The van der Waals surface area contributed by atoms with Gasteiger partial charge >= 0.3 is 0 Å². The van der Waals surface area contributed by atoms with E-state index < -0.39 is 10.0 Å². The highest BCUT2D eigenvalue weighted by Crippen LogP contribution is 2.16. The Bertz CT molecular complexity index is 675. The van der Waals surface area contributed by atoms with Crippen LogP contribution in [0.1, 0.15) is 30.8 Å². The van der Waals surface area contributed by atoms with E-state index in [1.54, 1.807) is 13.1 Å². The van der Waals surface area contributed by atoms with Gasteiger partial charge in [-0.25, -0.2) is 18.1 Å². The molecule has 0 amide bonds. The van der Waals surface area contributed by atoms with Crippen molar-refractivity contribution in [2.45, 2.75) is 44.9 Å². The molecule has 0 spiro atoms. The third-order valence-electron chi connectivity index (χ3n) is 2.99. The fourth-order valence-electron chi connectivity index (χ4n) is 1.79. The molecule has 2 aromatic rings. The van der Waals surface area contributed by atoms with Gasteiger partial charge in [0.05, 0.1) is 12.9 Å². The van der Waals surface area contributed by atoms with Crippen LogP contribution in [-0.2, 0) is 23.1 Å². The molecular formula is C12H20N6O2S. The number of imidazole rings is 1. The van der Waals surface area contributed by atoms with Crippen LogP contribution in [0.25, 0.3) is 0 Å². The molecule has 0 atom stereocenters. The molecule has 0 bridgehead atoms.